The lowest BCUT2D eigenvalue weighted by molar-refractivity contribution is -0.136. The lowest BCUT2D eigenvalue weighted by Crippen LogP contribution is -2.33. The van der Waals surface area contributed by atoms with Gasteiger partial charge in [0.25, 0.3) is 0 Å². The first-order valence-corrected chi connectivity index (χ1v) is 4.43. The van der Waals surface area contributed by atoms with E-state index in [2.05, 4.69) is 37.9 Å². The minimum atomic E-state index is -1.05. The van der Waals surface area contributed by atoms with Crippen LogP contribution >= 0.6 is 37.9 Å². The van der Waals surface area contributed by atoms with E-state index in [1.165, 1.54) is 0 Å². The first kappa shape index (κ1) is 11.5. The Morgan fingerprint density at radius 2 is 1.82 bits per heavy atom. The second-order valence-corrected chi connectivity index (χ2v) is 3.84. The van der Waals surface area contributed by atoms with Gasteiger partial charge in [0.2, 0.25) is 0 Å². The fraction of sp³-hybridized carbons (Fsp3) is 0.800. The third kappa shape index (κ3) is 3.59. The summed E-state index contributed by atoms with van der Waals surface area (Å²) in [5.41, 5.74) is 0. The predicted octanol–water partition coefficient (Wildman–Crippen LogP) is -0.0415. The fourth-order valence-electron chi connectivity index (χ4n) is 0.465. The van der Waals surface area contributed by atoms with E-state index in [0.717, 1.165) is 0 Å². The molecule has 0 aliphatic carbocycles. The Bertz CT molecular complexity index is 141. The van der Waals surface area contributed by atoms with Crippen LogP contribution in [0.5, 0.6) is 0 Å². The van der Waals surface area contributed by atoms with Crippen LogP contribution in [0.25, 0.3) is 0 Å². The minimum Gasteiger partial charge on any atom is -0.480 e. The van der Waals surface area contributed by atoms with Crippen LogP contribution in [0, 0.1) is 0 Å². The van der Waals surface area contributed by atoms with Crippen molar-refractivity contribution in [3.63, 3.8) is 0 Å². The van der Waals surface area contributed by atoms with Crippen molar-refractivity contribution in [2.75, 3.05) is 6.61 Å². The molecule has 66 valence electrons. The molecular weight excluding hydrogens is 204 g/mol. The number of carboxylic acid groups (broad SMARTS) is 1. The van der Waals surface area contributed by atoms with Crippen molar-refractivity contribution in [2.24, 2.45) is 0 Å². The van der Waals surface area contributed by atoms with E-state index in [1.807, 2.05) is 0 Å². The number of rotatable bonds is 4. The van der Waals surface area contributed by atoms with E-state index in [9.17, 15) is 4.79 Å². The van der Waals surface area contributed by atoms with Crippen molar-refractivity contribution in [2.45, 2.75) is 15.7 Å². The van der Waals surface area contributed by atoms with Crippen molar-refractivity contribution < 1.29 is 15.0 Å². The molecule has 3 nitrogen and oxygen atoms in total. The average molecular weight is 214 g/mol. The standard InChI is InChI=1S/C5H10O3S3/c6-1-2(9)3(10)4(11)5(7)8/h2-4,6,9-11H,1H2,(H,7,8). The molecule has 2 N–H and O–H groups in total. The molecule has 0 heterocycles. The van der Waals surface area contributed by atoms with Gasteiger partial charge in [0.1, 0.15) is 5.25 Å². The molecule has 0 rings (SSSR count). The van der Waals surface area contributed by atoms with E-state index >= 15 is 0 Å². The molecule has 0 fully saturated rings. The van der Waals surface area contributed by atoms with Gasteiger partial charge in [-0.2, -0.15) is 37.9 Å². The summed E-state index contributed by atoms with van der Waals surface area (Å²) in [6.45, 7) is -0.207. The molecule has 0 aromatic rings. The van der Waals surface area contributed by atoms with Crippen molar-refractivity contribution in [3.8, 4) is 0 Å². The number of aliphatic hydroxyl groups excluding tert-OH is 1. The summed E-state index contributed by atoms with van der Waals surface area (Å²) in [7, 11) is 0. The molecule has 3 unspecified atom stereocenters. The van der Waals surface area contributed by atoms with Crippen molar-refractivity contribution in [3.05, 3.63) is 0 Å². The highest BCUT2D eigenvalue weighted by Gasteiger charge is 2.26. The Hall–Kier alpha value is 0.480. The summed E-state index contributed by atoms with van der Waals surface area (Å²) in [5.74, 6) is -1.05. The Labute approximate surface area is 81.4 Å². The molecule has 11 heavy (non-hydrogen) atoms. The zero-order valence-corrected chi connectivity index (χ0v) is 8.27. The van der Waals surface area contributed by atoms with Crippen LogP contribution < -0.4 is 0 Å². The summed E-state index contributed by atoms with van der Waals surface area (Å²) in [6.07, 6.45) is 0. The van der Waals surface area contributed by atoms with Crippen molar-refractivity contribution in [1.82, 2.24) is 0 Å². The summed E-state index contributed by atoms with van der Waals surface area (Å²) in [5, 5.41) is 15.1. The highest BCUT2D eigenvalue weighted by molar-refractivity contribution is 7.87. The summed E-state index contributed by atoms with van der Waals surface area (Å²) < 4.78 is 0. The SMILES string of the molecule is O=C(O)C(S)C(S)C(S)CO. The number of aliphatic carboxylic acids is 1. The molecule has 0 saturated heterocycles. The second-order valence-electron chi connectivity index (χ2n) is 2.02. The molecule has 0 bridgehead atoms. The number of carbonyl (C=O) groups is 1. The maximum absolute atomic E-state index is 10.3. The van der Waals surface area contributed by atoms with Crippen LogP contribution in [0.4, 0.5) is 0 Å². The van der Waals surface area contributed by atoms with Gasteiger partial charge in [-0.1, -0.05) is 0 Å². The van der Waals surface area contributed by atoms with Gasteiger partial charge in [-0.05, 0) is 0 Å². The maximum atomic E-state index is 10.3. The summed E-state index contributed by atoms with van der Waals surface area (Å²) in [4.78, 5) is 10.3. The summed E-state index contributed by atoms with van der Waals surface area (Å²) in [6, 6.07) is 0. The Morgan fingerprint density at radius 1 is 1.36 bits per heavy atom. The highest BCUT2D eigenvalue weighted by Crippen LogP contribution is 2.17. The molecule has 0 radical (unpaired) electrons. The molecule has 0 amide bonds. The van der Waals surface area contributed by atoms with Gasteiger partial charge in [0.05, 0.1) is 6.61 Å². The zero-order chi connectivity index (χ0) is 9.02. The fourth-order valence-corrected chi connectivity index (χ4v) is 1.20. The maximum Gasteiger partial charge on any atom is 0.317 e. The molecule has 0 spiro atoms. The number of thiol groups is 3. The predicted molar refractivity (Wildman–Crippen MR) is 53.0 cm³/mol. The third-order valence-corrected chi connectivity index (χ3v) is 3.31. The Kier molecular flexibility index (Phi) is 5.41. The van der Waals surface area contributed by atoms with Gasteiger partial charge in [0, 0.05) is 10.5 Å². The van der Waals surface area contributed by atoms with Gasteiger partial charge >= 0.3 is 5.97 Å². The molecule has 3 atom stereocenters. The Morgan fingerprint density at radius 3 is 2.09 bits per heavy atom. The largest absolute Gasteiger partial charge is 0.480 e. The number of hydrogen-bond donors (Lipinski definition) is 5. The van der Waals surface area contributed by atoms with Crippen LogP contribution in [0.1, 0.15) is 0 Å². The van der Waals surface area contributed by atoms with Gasteiger partial charge in [-0.3, -0.25) is 4.79 Å². The van der Waals surface area contributed by atoms with Gasteiger partial charge in [-0.15, -0.1) is 0 Å². The topological polar surface area (TPSA) is 57.5 Å². The molecule has 0 saturated carbocycles. The van der Waals surface area contributed by atoms with Crippen molar-refractivity contribution in [1.29, 1.82) is 0 Å². The van der Waals surface area contributed by atoms with E-state index < -0.39 is 21.7 Å². The Balaban J connectivity index is 4.00. The van der Waals surface area contributed by atoms with Gasteiger partial charge < -0.3 is 10.2 Å². The zero-order valence-electron chi connectivity index (χ0n) is 5.58. The molecule has 0 aromatic heterocycles. The monoisotopic (exact) mass is 214 g/mol. The van der Waals surface area contributed by atoms with E-state index in [0.29, 0.717) is 0 Å². The van der Waals surface area contributed by atoms with Crippen LogP contribution in [-0.4, -0.2) is 38.5 Å². The van der Waals surface area contributed by atoms with Crippen LogP contribution in [0.2, 0.25) is 0 Å². The van der Waals surface area contributed by atoms with E-state index in [-0.39, 0.29) is 6.61 Å². The van der Waals surface area contributed by atoms with Crippen molar-refractivity contribution >= 4 is 43.9 Å². The molecule has 6 heteroatoms. The molecular formula is C5H10O3S3. The second kappa shape index (κ2) is 5.18. The van der Waals surface area contributed by atoms with E-state index in [1.54, 1.807) is 0 Å². The van der Waals surface area contributed by atoms with Crippen LogP contribution in [0.15, 0.2) is 0 Å². The first-order chi connectivity index (χ1) is 5.00. The molecule has 0 aliphatic heterocycles. The van der Waals surface area contributed by atoms with Gasteiger partial charge in [0.15, 0.2) is 0 Å². The first-order valence-electron chi connectivity index (χ1n) is 2.88. The van der Waals surface area contributed by atoms with Gasteiger partial charge in [-0.25, -0.2) is 0 Å². The van der Waals surface area contributed by atoms with Crippen LogP contribution in [0.3, 0.4) is 0 Å². The number of carboxylic acids is 1. The van der Waals surface area contributed by atoms with E-state index in [4.69, 9.17) is 10.2 Å². The molecule has 0 aliphatic rings. The number of aliphatic hydroxyl groups is 1. The lowest BCUT2D eigenvalue weighted by atomic mass is 10.2. The lowest BCUT2D eigenvalue weighted by Gasteiger charge is -2.18. The average Bonchev–Trinajstić information content (AvgIpc) is 2.00. The smallest absolute Gasteiger partial charge is 0.317 e. The minimum absolute atomic E-state index is 0.207. The third-order valence-electron chi connectivity index (χ3n) is 1.16. The highest BCUT2D eigenvalue weighted by atomic mass is 32.1. The molecule has 0 aromatic carbocycles. The summed E-state index contributed by atoms with van der Waals surface area (Å²) >= 11 is 11.6. The number of hydrogen-bond acceptors (Lipinski definition) is 5. The quantitative estimate of drug-likeness (QED) is 0.427. The van der Waals surface area contributed by atoms with Crippen LogP contribution in [-0.2, 0) is 4.79 Å². The normalized spacial score (nSPS) is 18.9.